The van der Waals surface area contributed by atoms with E-state index in [0.717, 1.165) is 87.5 Å². The molecule has 2 N–H and O–H groups in total. The van der Waals surface area contributed by atoms with Crippen molar-refractivity contribution in [3.63, 3.8) is 0 Å². The Morgan fingerprint density at radius 2 is 0.900 bits per heavy atom. The van der Waals surface area contributed by atoms with Crippen LogP contribution in [0.5, 0.6) is 11.5 Å². The number of aliphatic imine (C=N–C) groups is 2. The van der Waals surface area contributed by atoms with E-state index in [1.165, 1.54) is 0 Å². The summed E-state index contributed by atoms with van der Waals surface area (Å²) in [7, 11) is -9.89. The largest absolute Gasteiger partial charge is 2.00 e. The molecule has 3 aliphatic heterocycles. The molecule has 2 unspecified atom stereocenters. The zero-order chi connectivity index (χ0) is 35.7. The van der Waals surface area contributed by atoms with Gasteiger partial charge in [0.05, 0.1) is 13.1 Å². The van der Waals surface area contributed by atoms with Gasteiger partial charge in [-0.05, 0) is 75.1 Å². The van der Waals surface area contributed by atoms with Crippen molar-refractivity contribution in [2.24, 2.45) is 9.98 Å². The number of benzene rings is 2. The third-order valence-electron chi connectivity index (χ3n) is 7.15. The minimum atomic E-state index is -4.94. The van der Waals surface area contributed by atoms with Crippen LogP contribution in [0.2, 0.25) is 0 Å². The van der Waals surface area contributed by atoms with Gasteiger partial charge in [-0.3, -0.25) is 19.8 Å². The summed E-state index contributed by atoms with van der Waals surface area (Å²) in [5.74, 6) is 0.109. The molecule has 0 spiro atoms. The quantitative estimate of drug-likeness (QED) is 0.233. The number of rotatable bonds is 0. The van der Waals surface area contributed by atoms with Crippen molar-refractivity contribution in [3.05, 3.63) is 57.6 Å². The van der Waals surface area contributed by atoms with E-state index in [0.29, 0.717) is 37.3 Å². The molecule has 5 rings (SSSR count). The normalized spacial score (nSPS) is 19.4. The minimum absolute atomic E-state index is 0. The Balaban J connectivity index is 0.00000176. The van der Waals surface area contributed by atoms with Crippen LogP contribution in [0.25, 0.3) is 0 Å². The van der Waals surface area contributed by atoms with Gasteiger partial charge in [-0.25, -0.2) is 37.3 Å². The van der Waals surface area contributed by atoms with Gasteiger partial charge < -0.3 is 20.8 Å². The van der Waals surface area contributed by atoms with E-state index in [-0.39, 0.29) is 45.6 Å². The van der Waals surface area contributed by atoms with Crippen LogP contribution >= 0.6 is 0 Å². The molecule has 1 fully saturated rings. The monoisotopic (exact) mass is 842 g/mol. The zero-order valence-corrected chi connectivity index (χ0v) is 31.0. The van der Waals surface area contributed by atoms with Gasteiger partial charge >= 0.3 is 34.1 Å². The van der Waals surface area contributed by atoms with Crippen LogP contribution in [-0.2, 0) is 47.2 Å². The van der Waals surface area contributed by atoms with E-state index in [4.69, 9.17) is 37.3 Å². The number of hydrogen-bond acceptors (Lipinski definition) is 16. The van der Waals surface area contributed by atoms with E-state index < -0.39 is 20.5 Å². The van der Waals surface area contributed by atoms with E-state index in [1.807, 2.05) is 38.1 Å². The first-order valence-corrected chi connectivity index (χ1v) is 17.7. The SMILES string of the molecule is Cc1cc2c([O-])c(c1)CN1CCCNCCN(CCCNCC1)Cc1cc(C)cc(c1[O-])C=NCCN=C2.[Cu+2].[Cu+2].[O-][Cl+3]([O-])([O-])[O-].[O-][Cl+3]([O-])([O-])[O-]. The second kappa shape index (κ2) is 24.7. The summed E-state index contributed by atoms with van der Waals surface area (Å²) >= 11 is 0. The van der Waals surface area contributed by atoms with Crippen LogP contribution in [0.3, 0.4) is 0 Å². The van der Waals surface area contributed by atoms with Gasteiger partial charge in [-0.1, -0.05) is 46.9 Å². The fraction of sp³-hybridized carbons (Fsp3) is 0.533. The fourth-order valence-electron chi connectivity index (χ4n) is 5.23. The summed E-state index contributed by atoms with van der Waals surface area (Å²) in [4.78, 5) is 13.7. The van der Waals surface area contributed by atoms with Crippen LogP contribution in [0.1, 0.15) is 46.2 Å². The van der Waals surface area contributed by atoms with Crippen LogP contribution in [0, 0.1) is 34.3 Å². The Morgan fingerprint density at radius 1 is 0.560 bits per heavy atom. The minimum Gasteiger partial charge on any atom is -0.872 e. The fourth-order valence-corrected chi connectivity index (χ4v) is 5.23. The summed E-state index contributed by atoms with van der Waals surface area (Å²) in [5, 5.41) is 33.7. The average molecular weight is 845 g/mol. The number of nitrogens with zero attached hydrogens (tertiary/aromatic N) is 4. The Kier molecular flexibility index (Phi) is 24.0. The van der Waals surface area contributed by atoms with Gasteiger partial charge in [-0.2, -0.15) is 0 Å². The molecule has 6 bridgehead atoms. The van der Waals surface area contributed by atoms with E-state index in [2.05, 4.69) is 30.4 Å². The molecule has 20 heteroatoms. The maximum absolute atomic E-state index is 13.3. The second-order valence-corrected chi connectivity index (χ2v) is 12.8. The summed E-state index contributed by atoms with van der Waals surface area (Å²) in [6.45, 7) is 13.5. The van der Waals surface area contributed by atoms with Gasteiger partial charge in [-0.15, -0.1) is 20.5 Å². The molecule has 2 radical (unpaired) electrons. The molecule has 0 aromatic heterocycles. The first kappa shape index (κ1) is 48.5. The van der Waals surface area contributed by atoms with Gasteiger partial charge in [0, 0.05) is 51.7 Å². The molecule has 2 atom stereocenters. The molecular weight excluding hydrogens is 802 g/mol. The molecule has 1 saturated heterocycles. The summed E-state index contributed by atoms with van der Waals surface area (Å²) in [5.41, 5.74) is 5.05. The first-order chi connectivity index (χ1) is 22.5. The van der Waals surface area contributed by atoms with Crippen molar-refractivity contribution >= 4 is 12.4 Å². The molecule has 288 valence electrons. The van der Waals surface area contributed by atoms with Gasteiger partial charge in [0.1, 0.15) is 0 Å². The topological polar surface area (TPSA) is 286 Å². The van der Waals surface area contributed by atoms with E-state index in [1.54, 1.807) is 12.4 Å². The molecule has 3 heterocycles. The second-order valence-electron chi connectivity index (χ2n) is 11.3. The van der Waals surface area contributed by atoms with Crippen molar-refractivity contribution in [3.8, 4) is 11.5 Å². The van der Waals surface area contributed by atoms with Gasteiger partial charge in [0.15, 0.2) is 0 Å². The molecule has 3 aliphatic rings. The van der Waals surface area contributed by atoms with Crippen molar-refractivity contribution in [1.82, 2.24) is 20.4 Å². The number of aryl methyl sites for hydroxylation is 2. The summed E-state index contributed by atoms with van der Waals surface area (Å²) in [6, 6.07) is 7.86. The van der Waals surface area contributed by atoms with Crippen LogP contribution in [-0.4, -0.2) is 87.7 Å². The van der Waals surface area contributed by atoms with Gasteiger partial charge in [0.25, 0.3) is 0 Å². The molecule has 0 saturated carbocycles. The van der Waals surface area contributed by atoms with Crippen LogP contribution in [0.15, 0.2) is 34.3 Å². The van der Waals surface area contributed by atoms with Crippen molar-refractivity contribution in [1.29, 1.82) is 0 Å². The third-order valence-corrected chi connectivity index (χ3v) is 7.15. The molecular formula is C30H42Cl2Cu2N6O10. The predicted octanol–water partition coefficient (Wildman–Crippen LogP) is -7.94. The van der Waals surface area contributed by atoms with Crippen molar-refractivity contribution in [2.45, 2.75) is 39.8 Å². The Bertz CT molecular complexity index is 1210. The van der Waals surface area contributed by atoms with Gasteiger partial charge in [0.2, 0.25) is 0 Å². The van der Waals surface area contributed by atoms with E-state index >= 15 is 0 Å². The summed E-state index contributed by atoms with van der Waals surface area (Å²) in [6.07, 6.45) is 5.39. The average Bonchev–Trinajstić information content (AvgIpc) is 2.95. The smallest absolute Gasteiger partial charge is 0.872 e. The molecule has 0 amide bonds. The van der Waals surface area contributed by atoms with Crippen LogP contribution in [0.4, 0.5) is 0 Å². The molecule has 2 aromatic rings. The number of nitrogens with one attached hydrogen (secondary N) is 2. The third kappa shape index (κ3) is 22.5. The Hall–Kier alpha value is -1.48. The first-order valence-electron chi connectivity index (χ1n) is 15.2. The van der Waals surface area contributed by atoms with Crippen molar-refractivity contribution < 1.29 is 102 Å². The maximum Gasteiger partial charge on any atom is 2.00 e. The molecule has 50 heavy (non-hydrogen) atoms. The van der Waals surface area contributed by atoms with Crippen molar-refractivity contribution in [2.75, 3.05) is 65.4 Å². The van der Waals surface area contributed by atoms with Crippen LogP contribution < -0.4 is 58.1 Å². The standard InChI is InChI=1S/C30H44N6O2.2ClHO4.2Cu/c1-23-15-25-19-33-7-8-34-20-26-16-24(2)18-28(30(26)38)22-36-12-4-6-31-9-13-35(11-3-5-32-10-14-36)21-27(17-23)29(25)37;2*2-1(3,4)5;;/h15-20,31-32,37-38H,3-14,21-22H2,1-2H3;2*(H,2,3,4,5);;/q;;;2*+2/p-4. The predicted molar refractivity (Wildman–Crippen MR) is 152 cm³/mol. The Labute approximate surface area is 318 Å². The number of fused-ring (bicyclic) bond motifs is 13. The zero-order valence-electron chi connectivity index (χ0n) is 27.6. The number of halogens is 2. The summed E-state index contributed by atoms with van der Waals surface area (Å²) < 4.78 is 67.9. The molecule has 16 nitrogen and oxygen atoms in total. The Morgan fingerprint density at radius 3 is 1.24 bits per heavy atom. The van der Waals surface area contributed by atoms with E-state index in [9.17, 15) is 10.2 Å². The molecule has 0 aliphatic carbocycles. The molecule has 2 aromatic carbocycles. The number of hydrogen-bond donors (Lipinski definition) is 2. The maximum atomic E-state index is 13.3.